The summed E-state index contributed by atoms with van der Waals surface area (Å²) in [6.45, 7) is 3.49. The molecule has 0 N–H and O–H groups in total. The van der Waals surface area contributed by atoms with E-state index in [-0.39, 0.29) is 18.3 Å². The lowest BCUT2D eigenvalue weighted by Crippen LogP contribution is -2.14. The number of carbonyl (C=O) groups excluding carboxylic acids is 1. The first-order chi connectivity index (χ1) is 7.63. The van der Waals surface area contributed by atoms with Gasteiger partial charge in [-0.3, -0.25) is 9.78 Å². The second-order valence-electron chi connectivity index (χ2n) is 3.65. The van der Waals surface area contributed by atoms with Crippen molar-refractivity contribution in [3.05, 3.63) is 30.1 Å². The van der Waals surface area contributed by atoms with E-state index in [2.05, 4.69) is 4.98 Å². The Bertz CT molecular complexity index is 384. The highest BCUT2D eigenvalue weighted by Gasteiger charge is 2.14. The number of esters is 1. The third-order valence-corrected chi connectivity index (χ3v) is 2.24. The van der Waals surface area contributed by atoms with Crippen LogP contribution in [0.3, 0.4) is 0 Å². The zero-order valence-electron chi connectivity index (χ0n) is 9.38. The number of ether oxygens (including phenoxy) is 1. The number of nitrogens with zero attached hydrogens (tertiary/aromatic N) is 2. The summed E-state index contributed by atoms with van der Waals surface area (Å²) in [6, 6.07) is 5.59. The predicted molar refractivity (Wildman–Crippen MR) is 58.4 cm³/mol. The van der Waals surface area contributed by atoms with Gasteiger partial charge in [-0.2, -0.15) is 5.26 Å². The molecular weight excluding hydrogens is 204 g/mol. The molecule has 0 fully saturated rings. The molecule has 0 aromatic carbocycles. The van der Waals surface area contributed by atoms with Crippen molar-refractivity contribution in [2.24, 2.45) is 0 Å². The van der Waals surface area contributed by atoms with Gasteiger partial charge >= 0.3 is 5.97 Å². The van der Waals surface area contributed by atoms with Crippen molar-refractivity contribution < 1.29 is 9.53 Å². The number of nitriles is 1. The molecule has 0 aliphatic heterocycles. The summed E-state index contributed by atoms with van der Waals surface area (Å²) in [5, 5.41) is 8.50. The molecule has 0 spiro atoms. The third kappa shape index (κ3) is 3.70. The Morgan fingerprint density at radius 3 is 2.69 bits per heavy atom. The van der Waals surface area contributed by atoms with Crippen LogP contribution in [-0.4, -0.2) is 17.1 Å². The summed E-state index contributed by atoms with van der Waals surface area (Å²) in [5.74, 6) is -0.278. The molecule has 0 saturated heterocycles. The molecule has 84 valence electrons. The molecule has 0 unspecified atom stereocenters. The van der Waals surface area contributed by atoms with Crippen LogP contribution in [0.1, 0.15) is 31.7 Å². The molecule has 0 aliphatic rings. The summed E-state index contributed by atoms with van der Waals surface area (Å²) in [7, 11) is 0. The quantitative estimate of drug-likeness (QED) is 0.725. The van der Waals surface area contributed by atoms with Gasteiger partial charge in [0.25, 0.3) is 0 Å². The lowest BCUT2D eigenvalue weighted by Gasteiger charge is -2.11. The first-order valence-corrected chi connectivity index (χ1v) is 5.12. The molecule has 0 radical (unpaired) electrons. The molecule has 4 nitrogen and oxygen atoms in total. The van der Waals surface area contributed by atoms with Crippen LogP contribution in [0.5, 0.6) is 0 Å². The van der Waals surface area contributed by atoms with E-state index in [9.17, 15) is 4.79 Å². The van der Waals surface area contributed by atoms with Crippen molar-refractivity contribution in [3.8, 4) is 6.07 Å². The summed E-state index contributed by atoms with van der Waals surface area (Å²) in [4.78, 5) is 15.3. The van der Waals surface area contributed by atoms with Gasteiger partial charge in [0.05, 0.1) is 6.42 Å². The molecule has 0 saturated carbocycles. The largest absolute Gasteiger partial charge is 0.447 e. The van der Waals surface area contributed by atoms with Gasteiger partial charge in [0, 0.05) is 12.4 Å². The predicted octanol–water partition coefficient (Wildman–Crippen LogP) is 2.03. The maximum absolute atomic E-state index is 11.4. The highest BCUT2D eigenvalue weighted by atomic mass is 16.5. The molecule has 16 heavy (non-hydrogen) atoms. The van der Waals surface area contributed by atoms with Crippen molar-refractivity contribution in [2.45, 2.75) is 32.3 Å². The van der Waals surface area contributed by atoms with Gasteiger partial charge in [0.2, 0.25) is 0 Å². The Labute approximate surface area is 94.9 Å². The van der Waals surface area contributed by atoms with Gasteiger partial charge in [0.1, 0.15) is 6.07 Å². The van der Waals surface area contributed by atoms with Crippen LogP contribution < -0.4 is 0 Å². The normalized spacial score (nSPS) is 13.6. The van der Waals surface area contributed by atoms with Crippen LogP contribution in [0.2, 0.25) is 0 Å². The Morgan fingerprint density at radius 1 is 1.50 bits per heavy atom. The van der Waals surface area contributed by atoms with Gasteiger partial charge in [-0.05, 0) is 30.5 Å². The molecule has 0 aliphatic carbocycles. The zero-order chi connectivity index (χ0) is 12.0. The topological polar surface area (TPSA) is 63.0 Å². The van der Waals surface area contributed by atoms with Gasteiger partial charge < -0.3 is 4.74 Å². The van der Waals surface area contributed by atoms with Gasteiger partial charge in [-0.1, -0.05) is 6.92 Å². The number of rotatable bonds is 4. The molecule has 2 atom stereocenters. The lowest BCUT2D eigenvalue weighted by atomic mass is 9.99. The first kappa shape index (κ1) is 12.2. The molecule has 1 aromatic heterocycles. The van der Waals surface area contributed by atoms with E-state index in [1.807, 2.05) is 25.1 Å². The minimum atomic E-state index is -0.683. The van der Waals surface area contributed by atoms with Crippen LogP contribution in [0.25, 0.3) is 0 Å². The highest BCUT2D eigenvalue weighted by molar-refractivity contribution is 5.70. The summed E-state index contributed by atoms with van der Waals surface area (Å²) in [5.41, 5.74) is 1.04. The SMILES string of the molecule is C[C@H](CC(=O)O[C@@H](C)C#N)c1ccncc1. The van der Waals surface area contributed by atoms with E-state index in [1.54, 1.807) is 19.3 Å². The number of hydrogen-bond donors (Lipinski definition) is 0. The van der Waals surface area contributed by atoms with E-state index in [1.165, 1.54) is 0 Å². The molecular formula is C12H14N2O2. The lowest BCUT2D eigenvalue weighted by molar-refractivity contribution is -0.146. The van der Waals surface area contributed by atoms with Crippen molar-refractivity contribution in [1.82, 2.24) is 4.98 Å². The maximum atomic E-state index is 11.4. The maximum Gasteiger partial charge on any atom is 0.307 e. The van der Waals surface area contributed by atoms with Crippen LogP contribution in [0.4, 0.5) is 0 Å². The van der Waals surface area contributed by atoms with Crippen molar-refractivity contribution in [3.63, 3.8) is 0 Å². The summed E-state index contributed by atoms with van der Waals surface area (Å²) >= 11 is 0. The highest BCUT2D eigenvalue weighted by Crippen LogP contribution is 2.18. The number of hydrogen-bond acceptors (Lipinski definition) is 4. The van der Waals surface area contributed by atoms with E-state index in [0.717, 1.165) is 5.56 Å². The summed E-state index contributed by atoms with van der Waals surface area (Å²) < 4.78 is 4.88. The van der Waals surface area contributed by atoms with E-state index < -0.39 is 6.10 Å². The van der Waals surface area contributed by atoms with Crippen LogP contribution >= 0.6 is 0 Å². The second-order valence-corrected chi connectivity index (χ2v) is 3.65. The smallest absolute Gasteiger partial charge is 0.307 e. The summed E-state index contributed by atoms with van der Waals surface area (Å²) in [6.07, 6.45) is 2.97. The molecule has 0 bridgehead atoms. The van der Waals surface area contributed by atoms with Gasteiger partial charge in [-0.25, -0.2) is 0 Å². The van der Waals surface area contributed by atoms with Gasteiger partial charge in [0.15, 0.2) is 6.10 Å². The fourth-order valence-electron chi connectivity index (χ4n) is 1.33. The van der Waals surface area contributed by atoms with Crippen molar-refractivity contribution >= 4 is 5.97 Å². The van der Waals surface area contributed by atoms with Crippen LogP contribution in [0.15, 0.2) is 24.5 Å². The van der Waals surface area contributed by atoms with Crippen molar-refractivity contribution in [1.29, 1.82) is 5.26 Å². The van der Waals surface area contributed by atoms with Crippen molar-refractivity contribution in [2.75, 3.05) is 0 Å². The monoisotopic (exact) mass is 218 g/mol. The fraction of sp³-hybridized carbons (Fsp3) is 0.417. The molecule has 1 rings (SSSR count). The molecule has 1 aromatic rings. The number of pyridine rings is 1. The Balaban J connectivity index is 2.50. The van der Waals surface area contributed by atoms with Crippen LogP contribution in [-0.2, 0) is 9.53 Å². The minimum Gasteiger partial charge on any atom is -0.447 e. The molecule has 4 heteroatoms. The Hall–Kier alpha value is -1.89. The second kappa shape index (κ2) is 5.86. The third-order valence-electron chi connectivity index (χ3n) is 2.24. The number of carbonyl (C=O) groups is 1. The molecule has 0 amide bonds. The average Bonchev–Trinajstić information content (AvgIpc) is 2.29. The molecule has 1 heterocycles. The Kier molecular flexibility index (Phi) is 4.46. The fourth-order valence-corrected chi connectivity index (χ4v) is 1.33. The van der Waals surface area contributed by atoms with Crippen LogP contribution in [0, 0.1) is 11.3 Å². The standard InChI is InChI=1S/C12H14N2O2/c1-9(11-3-5-14-6-4-11)7-12(15)16-10(2)8-13/h3-6,9-10H,7H2,1-2H3/t9-,10+/m1/s1. The Morgan fingerprint density at radius 2 is 2.12 bits per heavy atom. The van der Waals surface area contributed by atoms with Gasteiger partial charge in [-0.15, -0.1) is 0 Å². The average molecular weight is 218 g/mol. The minimum absolute atomic E-state index is 0.0707. The number of aromatic nitrogens is 1. The zero-order valence-corrected chi connectivity index (χ0v) is 9.38. The van der Waals surface area contributed by atoms with E-state index >= 15 is 0 Å². The van der Waals surface area contributed by atoms with E-state index in [4.69, 9.17) is 10.00 Å². The first-order valence-electron chi connectivity index (χ1n) is 5.12. The van der Waals surface area contributed by atoms with E-state index in [0.29, 0.717) is 0 Å².